The Hall–Kier alpha value is -6.90. The number of hydrogen-bond acceptors (Lipinski definition) is 2. The summed E-state index contributed by atoms with van der Waals surface area (Å²) in [7, 11) is 0. The molecule has 0 saturated heterocycles. The smallest absolute Gasteiger partial charge is 0.0468 e. The third-order valence-corrected chi connectivity index (χ3v) is 9.79. The summed E-state index contributed by atoms with van der Waals surface area (Å²) in [5, 5.41) is 4.90. The lowest BCUT2D eigenvalue weighted by Crippen LogP contribution is -2.10. The normalized spacial score (nSPS) is 11.1. The van der Waals surface area contributed by atoms with Gasteiger partial charge in [-0.3, -0.25) is 0 Å². The second kappa shape index (κ2) is 13.8. The van der Waals surface area contributed by atoms with Gasteiger partial charge in [-0.15, -0.1) is 0 Å². The molecule has 246 valence electrons. The van der Waals surface area contributed by atoms with Crippen LogP contribution in [-0.2, 0) is 0 Å². The number of fused-ring (bicyclic) bond motifs is 2. The molecule has 0 aromatic heterocycles. The molecule has 9 rings (SSSR count). The highest BCUT2D eigenvalue weighted by Gasteiger charge is 2.18. The fourth-order valence-corrected chi connectivity index (χ4v) is 7.25. The number of hydrogen-bond donors (Lipinski definition) is 0. The maximum absolute atomic E-state index is 2.35. The van der Waals surface area contributed by atoms with Gasteiger partial charge in [0.2, 0.25) is 0 Å². The van der Waals surface area contributed by atoms with E-state index in [2.05, 4.69) is 228 Å². The largest absolute Gasteiger partial charge is 0.310 e. The summed E-state index contributed by atoms with van der Waals surface area (Å²) in [5.74, 6) is 0. The minimum absolute atomic E-state index is 1.10. The second-order valence-electron chi connectivity index (χ2n) is 13.0. The van der Waals surface area contributed by atoms with Crippen LogP contribution in [0.5, 0.6) is 0 Å². The predicted molar refractivity (Wildman–Crippen MR) is 222 cm³/mol. The van der Waals surface area contributed by atoms with E-state index in [1.807, 2.05) is 0 Å². The number of rotatable bonds is 8. The minimum Gasteiger partial charge on any atom is -0.310 e. The van der Waals surface area contributed by atoms with Crippen LogP contribution in [0.3, 0.4) is 0 Å². The molecule has 9 aromatic rings. The van der Waals surface area contributed by atoms with Gasteiger partial charge in [-0.25, -0.2) is 0 Å². The van der Waals surface area contributed by atoms with Crippen LogP contribution in [0.25, 0.3) is 43.8 Å². The van der Waals surface area contributed by atoms with E-state index in [0.29, 0.717) is 0 Å². The highest BCUT2D eigenvalue weighted by atomic mass is 15.1. The van der Waals surface area contributed by atoms with Crippen molar-refractivity contribution in [2.45, 2.75) is 0 Å². The molecular weight excluding hydrogens is 629 g/mol. The minimum atomic E-state index is 1.10. The van der Waals surface area contributed by atoms with Gasteiger partial charge in [0.25, 0.3) is 0 Å². The van der Waals surface area contributed by atoms with Gasteiger partial charge >= 0.3 is 0 Å². The Bertz CT molecular complexity index is 2610. The standard InChI is InChI=1S/C50H36N2/c1-4-16-39(17-5-1)50-36-48(52(44-22-8-3-9-23-44)47-31-25-38-15-11-13-19-42(38)35-47)32-33-49(50)40-26-28-45(29-27-40)51(43-20-6-2-7-21-43)46-30-24-37-14-10-12-18-41(37)34-46/h1-36H. The monoisotopic (exact) mass is 664 g/mol. The molecule has 0 saturated carbocycles. The average molecular weight is 665 g/mol. The molecule has 0 heterocycles. The SMILES string of the molecule is c1ccc(-c2cc(N(c3ccccc3)c3ccc4ccccc4c3)ccc2-c2ccc(N(c3ccccc3)c3ccc4ccccc4c3)cc2)cc1. The quantitative estimate of drug-likeness (QED) is 0.159. The van der Waals surface area contributed by atoms with Crippen LogP contribution in [0, 0.1) is 0 Å². The summed E-state index contributed by atoms with van der Waals surface area (Å²) in [6.45, 7) is 0. The Kier molecular flexibility index (Phi) is 8.24. The van der Waals surface area contributed by atoms with Crippen LogP contribution in [0.1, 0.15) is 0 Å². The molecule has 2 nitrogen and oxygen atoms in total. The predicted octanol–water partition coefficient (Wildman–Crippen LogP) is 14.3. The summed E-state index contributed by atoms with van der Waals surface area (Å²) in [6.07, 6.45) is 0. The maximum atomic E-state index is 2.35. The number of para-hydroxylation sites is 2. The lowest BCUT2D eigenvalue weighted by Gasteiger charge is -2.27. The first kappa shape index (κ1) is 31.1. The zero-order valence-electron chi connectivity index (χ0n) is 28.7. The first-order valence-electron chi connectivity index (χ1n) is 17.8. The van der Waals surface area contributed by atoms with Crippen molar-refractivity contribution < 1.29 is 0 Å². The topological polar surface area (TPSA) is 6.48 Å². The number of anilines is 6. The van der Waals surface area contributed by atoms with Crippen molar-refractivity contribution in [3.05, 3.63) is 218 Å². The van der Waals surface area contributed by atoms with E-state index in [9.17, 15) is 0 Å². The highest BCUT2D eigenvalue weighted by Crippen LogP contribution is 2.42. The molecule has 0 atom stereocenters. The number of benzene rings is 9. The van der Waals surface area contributed by atoms with Crippen molar-refractivity contribution in [3.63, 3.8) is 0 Å². The number of nitrogens with zero attached hydrogens (tertiary/aromatic N) is 2. The molecule has 0 radical (unpaired) electrons. The summed E-state index contributed by atoms with van der Waals surface area (Å²) in [6, 6.07) is 78.3. The first-order valence-corrected chi connectivity index (χ1v) is 17.8. The fraction of sp³-hybridized carbons (Fsp3) is 0. The van der Waals surface area contributed by atoms with E-state index in [1.54, 1.807) is 0 Å². The van der Waals surface area contributed by atoms with E-state index in [0.717, 1.165) is 39.7 Å². The molecule has 0 aliphatic carbocycles. The Morgan fingerprint density at radius 2 is 0.577 bits per heavy atom. The zero-order chi connectivity index (χ0) is 34.7. The summed E-state index contributed by atoms with van der Waals surface area (Å²) < 4.78 is 0. The molecule has 2 heteroatoms. The molecule has 0 N–H and O–H groups in total. The van der Waals surface area contributed by atoms with Crippen LogP contribution in [-0.4, -0.2) is 0 Å². The Labute approximate surface area is 305 Å². The highest BCUT2D eigenvalue weighted by molar-refractivity contribution is 5.93. The van der Waals surface area contributed by atoms with Crippen LogP contribution in [0.15, 0.2) is 218 Å². The van der Waals surface area contributed by atoms with Gasteiger partial charge in [-0.05, 0) is 117 Å². The molecular formula is C50H36N2. The molecule has 9 aromatic carbocycles. The van der Waals surface area contributed by atoms with Crippen molar-refractivity contribution >= 4 is 55.7 Å². The lowest BCUT2D eigenvalue weighted by molar-refractivity contribution is 1.28. The van der Waals surface area contributed by atoms with Gasteiger partial charge in [-0.2, -0.15) is 0 Å². The molecule has 0 spiro atoms. The average Bonchev–Trinajstić information content (AvgIpc) is 3.22. The van der Waals surface area contributed by atoms with E-state index < -0.39 is 0 Å². The molecule has 0 bridgehead atoms. The van der Waals surface area contributed by atoms with Crippen molar-refractivity contribution in [2.24, 2.45) is 0 Å². The van der Waals surface area contributed by atoms with E-state index in [-0.39, 0.29) is 0 Å². The summed E-state index contributed by atoms with van der Waals surface area (Å²) >= 11 is 0. The fourth-order valence-electron chi connectivity index (χ4n) is 7.25. The van der Waals surface area contributed by atoms with Gasteiger partial charge < -0.3 is 9.80 Å². The second-order valence-corrected chi connectivity index (χ2v) is 13.0. The molecule has 0 amide bonds. The van der Waals surface area contributed by atoms with Gasteiger partial charge in [-0.1, -0.05) is 146 Å². The van der Waals surface area contributed by atoms with E-state index >= 15 is 0 Å². The molecule has 0 aliphatic heterocycles. The zero-order valence-corrected chi connectivity index (χ0v) is 28.7. The van der Waals surface area contributed by atoms with Crippen LogP contribution >= 0.6 is 0 Å². The Morgan fingerprint density at radius 1 is 0.212 bits per heavy atom. The van der Waals surface area contributed by atoms with Gasteiger partial charge in [0, 0.05) is 34.1 Å². The van der Waals surface area contributed by atoms with Crippen molar-refractivity contribution in [1.29, 1.82) is 0 Å². The third-order valence-electron chi connectivity index (χ3n) is 9.79. The van der Waals surface area contributed by atoms with Crippen molar-refractivity contribution in [1.82, 2.24) is 0 Å². The summed E-state index contributed by atoms with van der Waals surface area (Å²) in [5.41, 5.74) is 11.4. The van der Waals surface area contributed by atoms with Crippen LogP contribution in [0.4, 0.5) is 34.1 Å². The van der Waals surface area contributed by atoms with Gasteiger partial charge in [0.05, 0.1) is 0 Å². The van der Waals surface area contributed by atoms with Crippen LogP contribution in [0.2, 0.25) is 0 Å². The van der Waals surface area contributed by atoms with E-state index in [1.165, 1.54) is 38.2 Å². The maximum Gasteiger partial charge on any atom is 0.0468 e. The first-order chi connectivity index (χ1) is 25.8. The molecule has 0 aliphatic rings. The lowest BCUT2D eigenvalue weighted by atomic mass is 9.93. The summed E-state index contributed by atoms with van der Waals surface area (Å²) in [4.78, 5) is 4.69. The van der Waals surface area contributed by atoms with Gasteiger partial charge in [0.15, 0.2) is 0 Å². The molecule has 0 unspecified atom stereocenters. The Balaban J connectivity index is 1.15. The van der Waals surface area contributed by atoms with Crippen molar-refractivity contribution in [2.75, 3.05) is 9.80 Å². The van der Waals surface area contributed by atoms with Crippen molar-refractivity contribution in [3.8, 4) is 22.3 Å². The van der Waals surface area contributed by atoms with E-state index in [4.69, 9.17) is 0 Å². The Morgan fingerprint density at radius 3 is 1.12 bits per heavy atom. The molecule has 52 heavy (non-hydrogen) atoms. The third kappa shape index (κ3) is 6.08. The van der Waals surface area contributed by atoms with Crippen LogP contribution < -0.4 is 9.80 Å². The molecule has 0 fully saturated rings. The van der Waals surface area contributed by atoms with Gasteiger partial charge in [0.1, 0.15) is 0 Å².